The molecule has 0 aliphatic carbocycles. The number of carbonyl (C=O) groups excluding carboxylic acids is 1. The van der Waals surface area contributed by atoms with Gasteiger partial charge in [0.25, 0.3) is 11.5 Å². The Bertz CT molecular complexity index is 984. The van der Waals surface area contributed by atoms with Crippen molar-refractivity contribution in [2.75, 3.05) is 5.32 Å². The minimum Gasteiger partial charge on any atom is -0.304 e. The third-order valence-corrected chi connectivity index (χ3v) is 4.48. The number of aromatic nitrogens is 5. The average molecular weight is 360 g/mol. The predicted octanol–water partition coefficient (Wildman–Crippen LogP) is 2.13. The molecule has 1 N–H and O–H groups in total. The molecule has 8 nitrogen and oxygen atoms in total. The second-order valence-electron chi connectivity index (χ2n) is 6.21. The number of nitrogens with one attached hydrogen (secondary N) is 1. The van der Waals surface area contributed by atoms with Crippen LogP contribution in [-0.2, 0) is 13.0 Å². The molecule has 3 aromatic heterocycles. The number of rotatable bonds is 5. The van der Waals surface area contributed by atoms with Gasteiger partial charge < -0.3 is 5.32 Å². The number of carbonyl (C=O) groups is 1. The lowest BCUT2D eigenvalue weighted by molar-refractivity contribution is 0.101. The van der Waals surface area contributed by atoms with Crippen LogP contribution in [0, 0.1) is 12.8 Å². The Morgan fingerprint density at radius 3 is 2.80 bits per heavy atom. The number of nitrogens with zero attached hydrogens (tertiary/aromatic N) is 5. The molecule has 0 bridgehead atoms. The maximum Gasteiger partial charge on any atom is 0.295 e. The topological polar surface area (TPSA) is 94.2 Å². The molecule has 0 atom stereocenters. The molecule has 3 aromatic rings. The van der Waals surface area contributed by atoms with Crippen molar-refractivity contribution in [1.82, 2.24) is 24.4 Å². The minimum atomic E-state index is -0.359. The quantitative estimate of drug-likeness (QED) is 0.752. The summed E-state index contributed by atoms with van der Waals surface area (Å²) in [7, 11) is 0. The maximum atomic E-state index is 12.7. The van der Waals surface area contributed by atoms with Crippen molar-refractivity contribution in [3.05, 3.63) is 38.9 Å². The summed E-state index contributed by atoms with van der Waals surface area (Å²) in [6.07, 6.45) is 0.820. The highest BCUT2D eigenvalue weighted by molar-refractivity contribution is 7.15. The van der Waals surface area contributed by atoms with Crippen molar-refractivity contribution in [2.45, 2.75) is 40.7 Å². The molecule has 0 spiro atoms. The highest BCUT2D eigenvalue weighted by Crippen LogP contribution is 2.18. The van der Waals surface area contributed by atoms with Gasteiger partial charge in [-0.1, -0.05) is 13.8 Å². The summed E-state index contributed by atoms with van der Waals surface area (Å²) >= 11 is 1.25. The average Bonchev–Trinajstić information content (AvgIpc) is 3.12. The zero-order valence-corrected chi connectivity index (χ0v) is 15.4. The molecule has 0 saturated carbocycles. The Morgan fingerprint density at radius 2 is 2.12 bits per heavy atom. The van der Waals surface area contributed by atoms with Crippen LogP contribution in [0.5, 0.6) is 0 Å². The lowest BCUT2D eigenvalue weighted by atomic mass is 10.1. The van der Waals surface area contributed by atoms with E-state index in [4.69, 9.17) is 0 Å². The van der Waals surface area contributed by atoms with Gasteiger partial charge in [0.1, 0.15) is 17.2 Å². The summed E-state index contributed by atoms with van der Waals surface area (Å²) in [5.41, 5.74) is 1.33. The number of aryl methyl sites for hydroxylation is 2. The van der Waals surface area contributed by atoms with Gasteiger partial charge in [-0.15, -0.1) is 11.3 Å². The molecule has 0 aliphatic heterocycles. The van der Waals surface area contributed by atoms with E-state index in [9.17, 15) is 9.59 Å². The number of thiazole rings is 1. The van der Waals surface area contributed by atoms with Crippen LogP contribution in [0.4, 0.5) is 5.82 Å². The molecular weight excluding hydrogens is 340 g/mol. The minimum absolute atomic E-state index is 0.262. The third kappa shape index (κ3) is 3.46. The Labute approximate surface area is 148 Å². The molecule has 3 rings (SSSR count). The largest absolute Gasteiger partial charge is 0.304 e. The van der Waals surface area contributed by atoms with Crippen molar-refractivity contribution >= 4 is 28.0 Å². The first-order valence-electron chi connectivity index (χ1n) is 8.12. The molecule has 25 heavy (non-hydrogen) atoms. The highest BCUT2D eigenvalue weighted by Gasteiger charge is 2.17. The summed E-state index contributed by atoms with van der Waals surface area (Å²) in [4.78, 5) is 28.7. The summed E-state index contributed by atoms with van der Waals surface area (Å²) in [6.45, 7) is 8.38. The van der Waals surface area contributed by atoms with E-state index < -0.39 is 0 Å². The van der Waals surface area contributed by atoms with Gasteiger partial charge in [0.05, 0.1) is 5.69 Å². The van der Waals surface area contributed by atoms with Crippen LogP contribution in [0.1, 0.15) is 42.6 Å². The van der Waals surface area contributed by atoms with Crippen molar-refractivity contribution in [2.24, 2.45) is 5.92 Å². The normalized spacial score (nSPS) is 11.4. The first-order valence-corrected chi connectivity index (χ1v) is 9.00. The molecule has 0 fully saturated rings. The standard InChI is InChI=1S/C16H20N6O2S/c1-5-21-12(7-11(20-21)6-9(2)3)15(24)17-13-8-25-16-18-14(23)10(4)19-22(13)16/h7-9H,5-6H2,1-4H3,(H,17,24). The van der Waals surface area contributed by atoms with Gasteiger partial charge in [-0.3, -0.25) is 14.3 Å². The number of hydrogen-bond acceptors (Lipinski definition) is 6. The Balaban J connectivity index is 1.91. The van der Waals surface area contributed by atoms with Gasteiger partial charge in [-0.2, -0.15) is 19.7 Å². The maximum absolute atomic E-state index is 12.7. The SMILES string of the molecule is CCn1nc(CC(C)C)cc1C(=O)Nc1csc2nc(=O)c(C)nn12. The summed E-state index contributed by atoms with van der Waals surface area (Å²) in [6, 6.07) is 1.82. The summed E-state index contributed by atoms with van der Waals surface area (Å²) in [5, 5.41) is 13.2. The van der Waals surface area contributed by atoms with Crippen molar-refractivity contribution in [3.8, 4) is 0 Å². The predicted molar refractivity (Wildman–Crippen MR) is 96.3 cm³/mol. The number of fused-ring (bicyclic) bond motifs is 1. The fourth-order valence-corrected chi connectivity index (χ4v) is 3.27. The number of anilines is 1. The van der Waals surface area contributed by atoms with Gasteiger partial charge in [0, 0.05) is 11.9 Å². The van der Waals surface area contributed by atoms with Crippen LogP contribution in [0.15, 0.2) is 16.2 Å². The molecule has 0 saturated heterocycles. The van der Waals surface area contributed by atoms with Gasteiger partial charge in [0.15, 0.2) is 0 Å². The highest BCUT2D eigenvalue weighted by atomic mass is 32.1. The van der Waals surface area contributed by atoms with E-state index in [0.29, 0.717) is 28.9 Å². The fourth-order valence-electron chi connectivity index (χ4n) is 2.52. The number of hydrogen-bond donors (Lipinski definition) is 1. The molecule has 0 aliphatic rings. The van der Waals surface area contributed by atoms with Crippen molar-refractivity contribution in [1.29, 1.82) is 0 Å². The zero-order valence-electron chi connectivity index (χ0n) is 14.6. The molecule has 0 radical (unpaired) electrons. The Morgan fingerprint density at radius 1 is 1.36 bits per heavy atom. The molecule has 1 amide bonds. The van der Waals surface area contributed by atoms with E-state index in [-0.39, 0.29) is 17.2 Å². The van der Waals surface area contributed by atoms with Crippen molar-refractivity contribution < 1.29 is 4.79 Å². The smallest absolute Gasteiger partial charge is 0.295 e. The van der Waals surface area contributed by atoms with Crippen LogP contribution < -0.4 is 10.9 Å². The lowest BCUT2D eigenvalue weighted by Gasteiger charge is -2.06. The molecule has 3 heterocycles. The fraction of sp³-hybridized carbons (Fsp3) is 0.438. The zero-order chi connectivity index (χ0) is 18.1. The van der Waals surface area contributed by atoms with Gasteiger partial charge in [-0.05, 0) is 32.3 Å². The number of amides is 1. The van der Waals surface area contributed by atoms with Gasteiger partial charge >= 0.3 is 0 Å². The molecule has 0 aromatic carbocycles. The van der Waals surface area contributed by atoms with Crippen LogP contribution >= 0.6 is 11.3 Å². The van der Waals surface area contributed by atoms with Crippen molar-refractivity contribution in [3.63, 3.8) is 0 Å². The lowest BCUT2D eigenvalue weighted by Crippen LogP contribution is -2.20. The van der Waals surface area contributed by atoms with Crippen LogP contribution in [0.3, 0.4) is 0 Å². The van der Waals surface area contributed by atoms with Crippen LogP contribution in [-0.4, -0.2) is 30.3 Å². The monoisotopic (exact) mass is 360 g/mol. The molecule has 9 heteroatoms. The molecule has 0 unspecified atom stereocenters. The second-order valence-corrected chi connectivity index (χ2v) is 7.04. The molecular formula is C16H20N6O2S. The van der Waals surface area contributed by atoms with E-state index >= 15 is 0 Å². The summed E-state index contributed by atoms with van der Waals surface area (Å²) < 4.78 is 3.17. The van der Waals surface area contributed by atoms with E-state index in [1.165, 1.54) is 15.9 Å². The van der Waals surface area contributed by atoms with E-state index in [0.717, 1.165) is 12.1 Å². The van der Waals surface area contributed by atoms with E-state index in [1.54, 1.807) is 17.0 Å². The Hall–Kier alpha value is -2.55. The second kappa shape index (κ2) is 6.75. The summed E-state index contributed by atoms with van der Waals surface area (Å²) in [5.74, 6) is 0.684. The van der Waals surface area contributed by atoms with Gasteiger partial charge in [0.2, 0.25) is 4.96 Å². The van der Waals surface area contributed by atoms with E-state index in [1.807, 2.05) is 13.0 Å². The van der Waals surface area contributed by atoms with Gasteiger partial charge in [-0.25, -0.2) is 0 Å². The first kappa shape index (κ1) is 17.3. The third-order valence-electron chi connectivity index (χ3n) is 3.66. The first-order chi connectivity index (χ1) is 11.9. The van der Waals surface area contributed by atoms with Crippen LogP contribution in [0.25, 0.3) is 4.96 Å². The van der Waals surface area contributed by atoms with E-state index in [2.05, 4.69) is 34.3 Å². The Kier molecular flexibility index (Phi) is 4.67. The van der Waals surface area contributed by atoms with Crippen LogP contribution in [0.2, 0.25) is 0 Å². The molecule has 132 valence electrons.